The summed E-state index contributed by atoms with van der Waals surface area (Å²) < 4.78 is 0. The van der Waals surface area contributed by atoms with Gasteiger partial charge in [0.1, 0.15) is 0 Å². The van der Waals surface area contributed by atoms with Gasteiger partial charge < -0.3 is 4.90 Å². The van der Waals surface area contributed by atoms with E-state index in [2.05, 4.69) is 42.8 Å². The first kappa shape index (κ1) is 14.9. The molecule has 0 radical (unpaired) electrons. The fourth-order valence-corrected chi connectivity index (χ4v) is 4.80. The van der Waals surface area contributed by atoms with Gasteiger partial charge in [-0.1, -0.05) is 26.7 Å². The monoisotopic (exact) mass is 286 g/mol. The van der Waals surface area contributed by atoms with Gasteiger partial charge in [0, 0.05) is 30.2 Å². The molecule has 2 heterocycles. The molecule has 3 atom stereocenters. The SMILES string of the molecule is CCCC1CC2(CCC(C)C2)CCN1c1ccnc(C)c1. The smallest absolute Gasteiger partial charge is 0.0402 e. The Balaban J connectivity index is 1.79. The van der Waals surface area contributed by atoms with Gasteiger partial charge in [0.2, 0.25) is 0 Å². The maximum atomic E-state index is 4.36. The highest BCUT2D eigenvalue weighted by Gasteiger charge is 2.43. The van der Waals surface area contributed by atoms with Crippen LogP contribution in [-0.2, 0) is 0 Å². The minimum atomic E-state index is 0.665. The van der Waals surface area contributed by atoms with Crippen molar-refractivity contribution in [2.24, 2.45) is 11.3 Å². The van der Waals surface area contributed by atoms with E-state index in [9.17, 15) is 0 Å². The summed E-state index contributed by atoms with van der Waals surface area (Å²) in [6.45, 7) is 8.11. The van der Waals surface area contributed by atoms with Crippen LogP contribution in [0.5, 0.6) is 0 Å². The van der Waals surface area contributed by atoms with Gasteiger partial charge in [0.15, 0.2) is 0 Å². The molecular weight excluding hydrogens is 256 g/mol. The summed E-state index contributed by atoms with van der Waals surface area (Å²) in [7, 11) is 0. The first-order chi connectivity index (χ1) is 10.1. The molecule has 0 aromatic carbocycles. The van der Waals surface area contributed by atoms with Gasteiger partial charge in [-0.15, -0.1) is 0 Å². The van der Waals surface area contributed by atoms with Crippen molar-refractivity contribution in [3.8, 4) is 0 Å². The van der Waals surface area contributed by atoms with Crippen LogP contribution in [-0.4, -0.2) is 17.6 Å². The van der Waals surface area contributed by atoms with Gasteiger partial charge in [0.05, 0.1) is 0 Å². The van der Waals surface area contributed by atoms with E-state index >= 15 is 0 Å². The number of piperidine rings is 1. The van der Waals surface area contributed by atoms with Gasteiger partial charge in [-0.05, 0) is 62.5 Å². The Bertz CT molecular complexity index is 484. The Morgan fingerprint density at radius 2 is 2.19 bits per heavy atom. The normalized spacial score (nSPS) is 32.8. The molecule has 1 saturated carbocycles. The number of pyridine rings is 1. The van der Waals surface area contributed by atoms with Crippen LogP contribution in [0.2, 0.25) is 0 Å². The molecule has 3 unspecified atom stereocenters. The van der Waals surface area contributed by atoms with Crippen LogP contribution in [0.3, 0.4) is 0 Å². The molecule has 0 amide bonds. The van der Waals surface area contributed by atoms with Crippen LogP contribution >= 0.6 is 0 Å². The summed E-state index contributed by atoms with van der Waals surface area (Å²) >= 11 is 0. The molecule has 1 aromatic rings. The molecule has 2 aliphatic rings. The molecule has 2 fully saturated rings. The fourth-order valence-electron chi connectivity index (χ4n) is 4.80. The Labute approximate surface area is 130 Å². The molecule has 2 nitrogen and oxygen atoms in total. The Morgan fingerprint density at radius 3 is 2.86 bits per heavy atom. The number of nitrogens with zero attached hydrogens (tertiary/aromatic N) is 2. The lowest BCUT2D eigenvalue weighted by Gasteiger charge is -2.46. The van der Waals surface area contributed by atoms with Crippen molar-refractivity contribution in [3.05, 3.63) is 24.0 Å². The van der Waals surface area contributed by atoms with E-state index in [1.54, 1.807) is 0 Å². The van der Waals surface area contributed by atoms with E-state index in [0.717, 1.165) is 17.7 Å². The third-order valence-corrected chi connectivity index (χ3v) is 5.78. The summed E-state index contributed by atoms with van der Waals surface area (Å²) in [5.74, 6) is 0.946. The fraction of sp³-hybridized carbons (Fsp3) is 0.737. The first-order valence-corrected chi connectivity index (χ1v) is 8.81. The highest BCUT2D eigenvalue weighted by atomic mass is 15.2. The van der Waals surface area contributed by atoms with Crippen molar-refractivity contribution in [1.29, 1.82) is 0 Å². The lowest BCUT2D eigenvalue weighted by molar-refractivity contribution is 0.181. The minimum Gasteiger partial charge on any atom is -0.368 e. The van der Waals surface area contributed by atoms with Gasteiger partial charge in [0.25, 0.3) is 0 Å². The summed E-state index contributed by atoms with van der Waals surface area (Å²) in [5, 5.41) is 0. The zero-order chi connectivity index (χ0) is 14.9. The van der Waals surface area contributed by atoms with Crippen molar-refractivity contribution < 1.29 is 0 Å². The standard InChI is InChI=1S/C19H30N2/c1-4-5-18-14-19(8-6-15(2)13-19)9-11-21(18)17-7-10-20-16(3)12-17/h7,10,12,15,18H,4-6,8-9,11,13-14H2,1-3H3. The number of hydrogen-bond acceptors (Lipinski definition) is 2. The third kappa shape index (κ3) is 3.09. The molecule has 21 heavy (non-hydrogen) atoms. The van der Waals surface area contributed by atoms with E-state index in [1.165, 1.54) is 57.2 Å². The van der Waals surface area contributed by atoms with Crippen molar-refractivity contribution in [1.82, 2.24) is 4.98 Å². The number of rotatable bonds is 3. The summed E-state index contributed by atoms with van der Waals surface area (Å²) in [6, 6.07) is 5.19. The van der Waals surface area contributed by atoms with Crippen molar-refractivity contribution >= 4 is 5.69 Å². The van der Waals surface area contributed by atoms with Crippen LogP contribution in [0, 0.1) is 18.3 Å². The predicted octanol–water partition coefficient (Wildman–Crippen LogP) is 4.97. The van der Waals surface area contributed by atoms with Gasteiger partial charge in [-0.3, -0.25) is 4.98 Å². The number of aromatic nitrogens is 1. The maximum Gasteiger partial charge on any atom is 0.0402 e. The molecule has 1 aliphatic carbocycles. The van der Waals surface area contributed by atoms with Gasteiger partial charge >= 0.3 is 0 Å². The van der Waals surface area contributed by atoms with Gasteiger partial charge in [-0.2, -0.15) is 0 Å². The summed E-state index contributed by atoms with van der Waals surface area (Å²) in [4.78, 5) is 7.03. The van der Waals surface area contributed by atoms with Gasteiger partial charge in [-0.25, -0.2) is 0 Å². The highest BCUT2D eigenvalue weighted by molar-refractivity contribution is 5.48. The maximum absolute atomic E-state index is 4.36. The molecule has 1 aliphatic heterocycles. The summed E-state index contributed by atoms with van der Waals surface area (Å²) in [5.41, 5.74) is 3.19. The second-order valence-electron chi connectivity index (χ2n) is 7.59. The number of aryl methyl sites for hydroxylation is 1. The Morgan fingerprint density at radius 1 is 1.33 bits per heavy atom. The van der Waals surface area contributed by atoms with Crippen LogP contribution in [0.25, 0.3) is 0 Å². The van der Waals surface area contributed by atoms with Crippen molar-refractivity contribution in [3.63, 3.8) is 0 Å². The Hall–Kier alpha value is -1.05. The lowest BCUT2D eigenvalue weighted by atomic mass is 9.72. The van der Waals surface area contributed by atoms with Crippen LogP contribution in [0.4, 0.5) is 5.69 Å². The minimum absolute atomic E-state index is 0.665. The van der Waals surface area contributed by atoms with E-state index in [1.807, 2.05) is 6.20 Å². The third-order valence-electron chi connectivity index (χ3n) is 5.78. The Kier molecular flexibility index (Phi) is 4.24. The van der Waals surface area contributed by atoms with Crippen LogP contribution in [0.1, 0.15) is 64.5 Å². The first-order valence-electron chi connectivity index (χ1n) is 8.81. The predicted molar refractivity (Wildman–Crippen MR) is 89.7 cm³/mol. The molecule has 1 aromatic heterocycles. The lowest BCUT2D eigenvalue weighted by Crippen LogP contribution is -2.46. The topological polar surface area (TPSA) is 16.1 Å². The molecule has 1 saturated heterocycles. The zero-order valence-corrected chi connectivity index (χ0v) is 13.9. The van der Waals surface area contributed by atoms with Crippen LogP contribution < -0.4 is 4.90 Å². The largest absolute Gasteiger partial charge is 0.368 e. The average Bonchev–Trinajstić information content (AvgIpc) is 2.80. The molecule has 0 N–H and O–H groups in total. The number of hydrogen-bond donors (Lipinski definition) is 0. The number of anilines is 1. The molecule has 2 heteroatoms. The highest BCUT2D eigenvalue weighted by Crippen LogP contribution is 2.51. The van der Waals surface area contributed by atoms with E-state index in [-0.39, 0.29) is 0 Å². The molecule has 1 spiro atoms. The summed E-state index contributed by atoms with van der Waals surface area (Å²) in [6.07, 6.45) is 11.8. The quantitative estimate of drug-likeness (QED) is 0.780. The van der Waals surface area contributed by atoms with E-state index < -0.39 is 0 Å². The molecular formula is C19H30N2. The van der Waals surface area contributed by atoms with Crippen molar-refractivity contribution in [2.75, 3.05) is 11.4 Å². The molecule has 116 valence electrons. The second-order valence-corrected chi connectivity index (χ2v) is 7.59. The zero-order valence-electron chi connectivity index (χ0n) is 13.9. The average molecular weight is 286 g/mol. The second kappa shape index (κ2) is 5.98. The van der Waals surface area contributed by atoms with E-state index in [0.29, 0.717) is 5.41 Å². The van der Waals surface area contributed by atoms with E-state index in [4.69, 9.17) is 0 Å². The molecule has 0 bridgehead atoms. The van der Waals surface area contributed by atoms with Crippen LogP contribution in [0.15, 0.2) is 18.3 Å². The van der Waals surface area contributed by atoms with Crippen molar-refractivity contribution in [2.45, 2.75) is 71.8 Å². The molecule has 3 rings (SSSR count).